The maximum atomic E-state index is 9.04. The molecule has 1 aromatic heterocycles. The molecule has 2 aromatic rings. The summed E-state index contributed by atoms with van der Waals surface area (Å²) in [5, 5.41) is 25.9. The van der Waals surface area contributed by atoms with Crippen molar-refractivity contribution in [1.29, 1.82) is 0 Å². The van der Waals surface area contributed by atoms with Gasteiger partial charge in [0.15, 0.2) is 0 Å². The lowest BCUT2D eigenvalue weighted by molar-refractivity contribution is 0.475. The number of phenolic OH excluding ortho intramolecular Hbond substituents is 1. The lowest BCUT2D eigenvalue weighted by Crippen LogP contribution is -1.92. The Bertz CT molecular complexity index is 435. The third kappa shape index (κ3) is 2.50. The monoisotopic (exact) mass is 204 g/mol. The fourth-order valence-electron chi connectivity index (χ4n) is 0.934. The van der Waals surface area contributed by atoms with Crippen LogP contribution in [-0.4, -0.2) is 31.9 Å². The van der Waals surface area contributed by atoms with Gasteiger partial charge in [0.1, 0.15) is 5.75 Å². The van der Waals surface area contributed by atoms with Crippen molar-refractivity contribution in [3.8, 4) is 5.75 Å². The zero-order valence-electron chi connectivity index (χ0n) is 7.62. The quantitative estimate of drug-likeness (QED) is 0.495. The summed E-state index contributed by atoms with van der Waals surface area (Å²) in [6.45, 7) is 0. The molecule has 7 nitrogen and oxygen atoms in total. The van der Waals surface area contributed by atoms with Gasteiger partial charge < -0.3 is 5.11 Å². The Morgan fingerprint density at radius 2 is 2.13 bits per heavy atom. The van der Waals surface area contributed by atoms with Crippen molar-refractivity contribution in [3.63, 3.8) is 0 Å². The highest BCUT2D eigenvalue weighted by atomic mass is 16.3. The average molecular weight is 204 g/mol. The van der Waals surface area contributed by atoms with Crippen molar-refractivity contribution >= 4 is 12.2 Å². The summed E-state index contributed by atoms with van der Waals surface area (Å²) < 4.78 is 0. The minimum absolute atomic E-state index is 0.221. The van der Waals surface area contributed by atoms with Crippen LogP contribution >= 0.6 is 0 Å². The predicted octanol–water partition coefficient (Wildman–Crippen LogP) is 0.351. The number of nitrogens with one attached hydrogen (secondary N) is 2. The van der Waals surface area contributed by atoms with Gasteiger partial charge >= 0.3 is 0 Å². The molecule has 0 aliphatic carbocycles. The van der Waals surface area contributed by atoms with E-state index in [9.17, 15) is 0 Å². The minimum Gasteiger partial charge on any atom is -0.508 e. The Kier molecular flexibility index (Phi) is 2.54. The number of benzene rings is 1. The number of aromatic amines is 1. The van der Waals surface area contributed by atoms with E-state index in [-0.39, 0.29) is 5.75 Å². The fraction of sp³-hybridized carbons (Fsp3) is 0. The Hall–Kier alpha value is -2.44. The first-order valence-electron chi connectivity index (χ1n) is 4.16. The smallest absolute Gasteiger partial charge is 0.283 e. The molecule has 0 bridgehead atoms. The number of rotatable bonds is 3. The number of nitrogens with zero attached hydrogens (tertiary/aromatic N) is 4. The molecule has 76 valence electrons. The molecule has 0 aliphatic heterocycles. The fourth-order valence-corrected chi connectivity index (χ4v) is 0.934. The molecule has 3 N–H and O–H groups in total. The molecule has 1 aromatic carbocycles. The first-order valence-corrected chi connectivity index (χ1v) is 4.16. The highest BCUT2D eigenvalue weighted by Gasteiger charge is 1.92. The van der Waals surface area contributed by atoms with Crippen LogP contribution in [0.4, 0.5) is 5.95 Å². The molecule has 1 heterocycles. The number of hydrogen-bond donors (Lipinski definition) is 3. The maximum Gasteiger partial charge on any atom is 0.283 e. The predicted molar refractivity (Wildman–Crippen MR) is 53.5 cm³/mol. The van der Waals surface area contributed by atoms with E-state index in [0.717, 1.165) is 5.56 Å². The molecule has 2 rings (SSSR count). The first kappa shape index (κ1) is 9.13. The van der Waals surface area contributed by atoms with Crippen molar-refractivity contribution < 1.29 is 5.11 Å². The molecule has 0 spiro atoms. The van der Waals surface area contributed by atoms with E-state index in [2.05, 4.69) is 31.2 Å². The molecule has 0 saturated heterocycles. The molecule has 15 heavy (non-hydrogen) atoms. The van der Waals surface area contributed by atoms with Gasteiger partial charge in [-0.1, -0.05) is 5.10 Å². The van der Waals surface area contributed by atoms with E-state index in [1.54, 1.807) is 30.5 Å². The molecule has 7 heteroatoms. The number of anilines is 1. The van der Waals surface area contributed by atoms with Gasteiger partial charge in [-0.25, -0.2) is 5.43 Å². The molecular weight excluding hydrogens is 196 g/mol. The minimum atomic E-state index is 0.221. The Morgan fingerprint density at radius 3 is 2.80 bits per heavy atom. The summed E-state index contributed by atoms with van der Waals surface area (Å²) in [7, 11) is 0. The van der Waals surface area contributed by atoms with E-state index in [1.807, 2.05) is 0 Å². The number of aromatic hydroxyl groups is 1. The second-order valence-electron chi connectivity index (χ2n) is 2.70. The molecule has 0 fully saturated rings. The lowest BCUT2D eigenvalue weighted by atomic mass is 10.2. The Balaban J connectivity index is 1.97. The van der Waals surface area contributed by atoms with Gasteiger partial charge in [-0.05, 0) is 35.0 Å². The normalized spacial score (nSPS) is 10.7. The standard InChI is InChI=1S/C8H8N6O/c15-7-3-1-6(2-4-7)5-9-10-8-11-13-14-12-8/h1-5,15H,(H2,10,11,12,13,14)/b9-5-. The van der Waals surface area contributed by atoms with Gasteiger partial charge in [-0.2, -0.15) is 10.3 Å². The van der Waals surface area contributed by atoms with Crippen LogP contribution in [0.15, 0.2) is 29.4 Å². The van der Waals surface area contributed by atoms with Crippen molar-refractivity contribution in [1.82, 2.24) is 20.6 Å². The number of hydrazone groups is 1. The molecule has 0 radical (unpaired) electrons. The lowest BCUT2D eigenvalue weighted by Gasteiger charge is -1.93. The summed E-state index contributed by atoms with van der Waals surface area (Å²) in [6, 6.07) is 6.62. The molecular formula is C8H8N6O. The second kappa shape index (κ2) is 4.18. The number of aromatic nitrogens is 4. The summed E-state index contributed by atoms with van der Waals surface area (Å²) in [5.74, 6) is 0.517. The van der Waals surface area contributed by atoms with Crippen LogP contribution in [0.5, 0.6) is 5.75 Å². The van der Waals surface area contributed by atoms with Crippen LogP contribution in [-0.2, 0) is 0 Å². The molecule has 0 unspecified atom stereocenters. The van der Waals surface area contributed by atoms with E-state index in [4.69, 9.17) is 5.11 Å². The summed E-state index contributed by atoms with van der Waals surface area (Å²) in [6.07, 6.45) is 1.58. The Morgan fingerprint density at radius 1 is 1.33 bits per heavy atom. The Labute approximate surface area is 84.8 Å². The largest absolute Gasteiger partial charge is 0.508 e. The van der Waals surface area contributed by atoms with Gasteiger partial charge in [0.2, 0.25) is 0 Å². The van der Waals surface area contributed by atoms with Crippen molar-refractivity contribution in [2.75, 3.05) is 5.43 Å². The van der Waals surface area contributed by atoms with E-state index >= 15 is 0 Å². The van der Waals surface area contributed by atoms with Crippen LogP contribution in [0.25, 0.3) is 0 Å². The van der Waals surface area contributed by atoms with Crippen molar-refractivity contribution in [2.24, 2.45) is 5.10 Å². The van der Waals surface area contributed by atoms with Crippen LogP contribution < -0.4 is 5.43 Å². The SMILES string of the molecule is Oc1ccc(/C=N\Nc2nn[nH]n2)cc1. The van der Waals surface area contributed by atoms with Crippen molar-refractivity contribution in [3.05, 3.63) is 29.8 Å². The molecule has 0 saturated carbocycles. The summed E-state index contributed by atoms with van der Waals surface area (Å²) in [5.41, 5.74) is 3.43. The van der Waals surface area contributed by atoms with E-state index in [0.29, 0.717) is 5.95 Å². The number of hydrogen-bond acceptors (Lipinski definition) is 6. The highest BCUT2D eigenvalue weighted by molar-refractivity contribution is 5.80. The highest BCUT2D eigenvalue weighted by Crippen LogP contribution is 2.07. The zero-order valence-corrected chi connectivity index (χ0v) is 7.62. The van der Waals surface area contributed by atoms with E-state index in [1.165, 1.54) is 0 Å². The third-order valence-electron chi connectivity index (χ3n) is 1.62. The third-order valence-corrected chi connectivity index (χ3v) is 1.62. The van der Waals surface area contributed by atoms with Gasteiger partial charge in [-0.3, -0.25) is 0 Å². The van der Waals surface area contributed by atoms with Gasteiger partial charge in [0.25, 0.3) is 5.95 Å². The first-order chi connectivity index (χ1) is 7.34. The maximum absolute atomic E-state index is 9.04. The number of tetrazole rings is 1. The van der Waals surface area contributed by atoms with Crippen molar-refractivity contribution in [2.45, 2.75) is 0 Å². The number of phenols is 1. The summed E-state index contributed by atoms with van der Waals surface area (Å²) >= 11 is 0. The van der Waals surface area contributed by atoms with E-state index < -0.39 is 0 Å². The molecule has 0 amide bonds. The molecule has 0 atom stereocenters. The van der Waals surface area contributed by atoms with Crippen LogP contribution in [0, 0.1) is 0 Å². The average Bonchev–Trinajstić information content (AvgIpc) is 2.74. The zero-order chi connectivity index (χ0) is 10.5. The molecule has 0 aliphatic rings. The topological polar surface area (TPSA) is 99.1 Å². The van der Waals surface area contributed by atoms with Gasteiger partial charge in [0.05, 0.1) is 6.21 Å². The van der Waals surface area contributed by atoms with Gasteiger partial charge in [0, 0.05) is 0 Å². The van der Waals surface area contributed by atoms with Gasteiger partial charge in [-0.15, -0.1) is 5.10 Å². The van der Waals surface area contributed by atoms with Crippen LogP contribution in [0.1, 0.15) is 5.56 Å². The summed E-state index contributed by atoms with van der Waals surface area (Å²) in [4.78, 5) is 0. The van der Waals surface area contributed by atoms with Crippen LogP contribution in [0.3, 0.4) is 0 Å². The second-order valence-corrected chi connectivity index (χ2v) is 2.70. The van der Waals surface area contributed by atoms with Crippen LogP contribution in [0.2, 0.25) is 0 Å². The number of H-pyrrole nitrogens is 1.